The second-order valence-corrected chi connectivity index (χ2v) is 9.86. The van der Waals surface area contributed by atoms with Crippen LogP contribution in [0, 0.1) is 0 Å². The minimum absolute atomic E-state index is 0.00552. The van der Waals surface area contributed by atoms with Crippen LogP contribution in [0.1, 0.15) is 16.5 Å². The number of aliphatic hydroxyl groups is 1. The highest BCUT2D eigenvalue weighted by atomic mass is 32.1. The SMILES string of the molecule is COc1ccc2nc(N3C(=O)C(=O)/C(=C(/O)c4ccc5c(c4)OCCO5)[C@@H]3c3cccs3)sc2c1. The molecule has 0 unspecified atom stereocenters. The van der Waals surface area contributed by atoms with Gasteiger partial charge in [-0.3, -0.25) is 14.5 Å². The number of ether oxygens (including phenoxy) is 3. The van der Waals surface area contributed by atoms with Crippen LogP contribution >= 0.6 is 22.7 Å². The maximum absolute atomic E-state index is 13.3. The lowest BCUT2D eigenvalue weighted by molar-refractivity contribution is -0.132. The van der Waals surface area contributed by atoms with Crippen molar-refractivity contribution < 1.29 is 28.9 Å². The van der Waals surface area contributed by atoms with Gasteiger partial charge in [0.1, 0.15) is 30.8 Å². The number of Topliss-reactive ketones (excluding diaryl/α,β-unsaturated/α-hetero) is 1. The molecule has 2 aromatic carbocycles. The van der Waals surface area contributed by atoms with Crippen molar-refractivity contribution >= 4 is 55.5 Å². The number of carbonyl (C=O) groups excluding carboxylic acids is 2. The van der Waals surface area contributed by atoms with E-state index < -0.39 is 17.7 Å². The number of amides is 1. The van der Waals surface area contributed by atoms with E-state index in [-0.39, 0.29) is 11.3 Å². The molecule has 4 aromatic rings. The summed E-state index contributed by atoms with van der Waals surface area (Å²) in [5, 5.41) is 13.5. The van der Waals surface area contributed by atoms with Crippen LogP contribution in [0.2, 0.25) is 0 Å². The number of hydrogen-bond donors (Lipinski definition) is 1. The molecule has 1 amide bonds. The van der Waals surface area contributed by atoms with Gasteiger partial charge >= 0.3 is 5.91 Å². The number of aromatic nitrogens is 1. The van der Waals surface area contributed by atoms with Crippen molar-refractivity contribution in [3.05, 3.63) is 69.9 Å². The highest BCUT2D eigenvalue weighted by molar-refractivity contribution is 7.22. The second kappa shape index (κ2) is 8.40. The number of thiophene rings is 1. The van der Waals surface area contributed by atoms with E-state index in [0.29, 0.717) is 46.7 Å². The summed E-state index contributed by atoms with van der Waals surface area (Å²) in [7, 11) is 1.58. The Kier molecular flexibility index (Phi) is 5.19. The summed E-state index contributed by atoms with van der Waals surface area (Å²) in [4.78, 5) is 33.4. The van der Waals surface area contributed by atoms with Crippen LogP contribution in [0.5, 0.6) is 17.2 Å². The Morgan fingerprint density at radius 3 is 2.71 bits per heavy atom. The number of hydrogen-bond acceptors (Lipinski definition) is 9. The third kappa shape index (κ3) is 3.53. The number of nitrogens with zero attached hydrogens (tertiary/aromatic N) is 2. The largest absolute Gasteiger partial charge is 0.507 e. The first-order chi connectivity index (χ1) is 17.0. The Labute approximate surface area is 207 Å². The number of carbonyl (C=O) groups is 2. The molecule has 1 fully saturated rings. The molecule has 2 aliphatic heterocycles. The highest BCUT2D eigenvalue weighted by Crippen LogP contribution is 2.46. The maximum Gasteiger partial charge on any atom is 0.301 e. The quantitative estimate of drug-likeness (QED) is 0.242. The number of thiazole rings is 1. The standard InChI is InChI=1S/C25H18N2O6S2/c1-31-14-5-6-15-19(12-14)35-25(26-15)27-21(18-3-2-10-34-18)20(23(29)24(27)30)22(28)13-4-7-16-17(11-13)33-9-8-32-16/h2-7,10-12,21,28H,8-9H2,1H3/b22-20+/t21-/m0/s1. The molecule has 0 radical (unpaired) electrons. The Bertz CT molecular complexity index is 1510. The second-order valence-electron chi connectivity index (χ2n) is 7.87. The van der Waals surface area contributed by atoms with E-state index in [1.54, 1.807) is 37.4 Å². The monoisotopic (exact) mass is 506 g/mol. The molecule has 0 bridgehead atoms. The van der Waals surface area contributed by atoms with Gasteiger partial charge in [0.15, 0.2) is 16.6 Å². The number of rotatable bonds is 4. The van der Waals surface area contributed by atoms with Gasteiger partial charge in [-0.05, 0) is 47.8 Å². The highest BCUT2D eigenvalue weighted by Gasteiger charge is 2.48. The smallest absolute Gasteiger partial charge is 0.301 e. The van der Waals surface area contributed by atoms with Crippen LogP contribution in [-0.2, 0) is 9.59 Å². The molecule has 176 valence electrons. The molecular formula is C25H18N2O6S2. The van der Waals surface area contributed by atoms with Crippen molar-refractivity contribution in [3.8, 4) is 17.2 Å². The molecular weight excluding hydrogens is 488 g/mol. The third-order valence-corrected chi connectivity index (χ3v) is 7.81. The third-order valence-electron chi connectivity index (χ3n) is 5.86. The summed E-state index contributed by atoms with van der Waals surface area (Å²) in [6, 6.07) is 13.2. The van der Waals surface area contributed by atoms with Gasteiger partial charge in [0, 0.05) is 10.4 Å². The zero-order valence-corrected chi connectivity index (χ0v) is 20.0. The summed E-state index contributed by atoms with van der Waals surface area (Å²) in [5.41, 5.74) is 1.05. The van der Waals surface area contributed by atoms with E-state index >= 15 is 0 Å². The Balaban J connectivity index is 1.50. The van der Waals surface area contributed by atoms with Crippen molar-refractivity contribution in [2.24, 2.45) is 0 Å². The van der Waals surface area contributed by atoms with Crippen molar-refractivity contribution in [1.82, 2.24) is 4.98 Å². The summed E-state index contributed by atoms with van der Waals surface area (Å²) in [6.07, 6.45) is 0. The molecule has 0 saturated carbocycles. The maximum atomic E-state index is 13.3. The average molecular weight is 507 g/mol. The van der Waals surface area contributed by atoms with E-state index in [4.69, 9.17) is 14.2 Å². The van der Waals surface area contributed by atoms with Gasteiger partial charge in [-0.1, -0.05) is 17.4 Å². The van der Waals surface area contributed by atoms with Crippen molar-refractivity contribution in [2.45, 2.75) is 6.04 Å². The number of aliphatic hydroxyl groups excluding tert-OH is 1. The summed E-state index contributed by atoms with van der Waals surface area (Å²) < 4.78 is 17.3. The lowest BCUT2D eigenvalue weighted by Gasteiger charge is -2.22. The first kappa shape index (κ1) is 21.6. The van der Waals surface area contributed by atoms with Crippen LogP contribution < -0.4 is 19.1 Å². The molecule has 6 rings (SSSR count). The van der Waals surface area contributed by atoms with Crippen molar-refractivity contribution in [3.63, 3.8) is 0 Å². The van der Waals surface area contributed by atoms with Gasteiger partial charge in [0.05, 0.1) is 22.9 Å². The molecule has 2 aliphatic rings. The van der Waals surface area contributed by atoms with E-state index in [0.717, 1.165) is 9.58 Å². The molecule has 35 heavy (non-hydrogen) atoms. The van der Waals surface area contributed by atoms with E-state index in [2.05, 4.69) is 4.98 Å². The average Bonchev–Trinajstić information content (AvgIpc) is 3.61. The Hall–Kier alpha value is -3.89. The minimum atomic E-state index is -0.814. The first-order valence-corrected chi connectivity index (χ1v) is 12.4. The predicted molar refractivity (Wildman–Crippen MR) is 133 cm³/mol. The number of fused-ring (bicyclic) bond motifs is 2. The normalized spacial score (nSPS) is 18.9. The van der Waals surface area contributed by atoms with Gasteiger partial charge in [-0.15, -0.1) is 11.3 Å². The van der Waals surface area contributed by atoms with E-state index in [9.17, 15) is 14.7 Å². The molecule has 8 nitrogen and oxygen atoms in total. The topological polar surface area (TPSA) is 98.2 Å². The molecule has 0 spiro atoms. The fourth-order valence-electron chi connectivity index (χ4n) is 4.21. The summed E-state index contributed by atoms with van der Waals surface area (Å²) in [5.74, 6) is -0.0800. The molecule has 10 heteroatoms. The van der Waals surface area contributed by atoms with Crippen molar-refractivity contribution in [2.75, 3.05) is 25.2 Å². The van der Waals surface area contributed by atoms with Crippen LogP contribution in [0.3, 0.4) is 0 Å². The molecule has 2 aromatic heterocycles. The lowest BCUT2D eigenvalue weighted by atomic mass is 9.99. The van der Waals surface area contributed by atoms with Gasteiger partial charge < -0.3 is 19.3 Å². The number of benzene rings is 2. The Morgan fingerprint density at radius 2 is 1.94 bits per heavy atom. The fourth-order valence-corrected chi connectivity index (χ4v) is 6.06. The van der Waals surface area contributed by atoms with Crippen LogP contribution in [0.4, 0.5) is 5.13 Å². The molecule has 0 aliphatic carbocycles. The molecule has 1 N–H and O–H groups in total. The first-order valence-electron chi connectivity index (χ1n) is 10.7. The zero-order valence-electron chi connectivity index (χ0n) is 18.4. The van der Waals surface area contributed by atoms with Crippen LogP contribution in [0.25, 0.3) is 16.0 Å². The number of anilines is 1. The van der Waals surface area contributed by atoms with Gasteiger partial charge in [-0.25, -0.2) is 4.98 Å². The Morgan fingerprint density at radius 1 is 1.11 bits per heavy atom. The summed E-state index contributed by atoms with van der Waals surface area (Å²) >= 11 is 2.68. The molecule has 4 heterocycles. The van der Waals surface area contributed by atoms with Gasteiger partial charge in [-0.2, -0.15) is 0 Å². The zero-order chi connectivity index (χ0) is 24.1. The number of ketones is 1. The van der Waals surface area contributed by atoms with Crippen molar-refractivity contribution in [1.29, 1.82) is 0 Å². The van der Waals surface area contributed by atoms with Crippen LogP contribution in [-0.4, -0.2) is 42.1 Å². The predicted octanol–water partition coefficient (Wildman–Crippen LogP) is 4.76. The molecule has 1 saturated heterocycles. The summed E-state index contributed by atoms with van der Waals surface area (Å²) in [6.45, 7) is 0.828. The number of methoxy groups -OCH3 is 1. The lowest BCUT2D eigenvalue weighted by Crippen LogP contribution is -2.28. The minimum Gasteiger partial charge on any atom is -0.507 e. The van der Waals surface area contributed by atoms with E-state index in [1.807, 2.05) is 23.6 Å². The van der Waals surface area contributed by atoms with E-state index in [1.165, 1.54) is 27.6 Å². The van der Waals surface area contributed by atoms with Gasteiger partial charge in [0.25, 0.3) is 5.78 Å². The fraction of sp³-hybridized carbons (Fsp3) is 0.160. The van der Waals surface area contributed by atoms with Gasteiger partial charge in [0.2, 0.25) is 0 Å². The van der Waals surface area contributed by atoms with Crippen LogP contribution in [0.15, 0.2) is 59.5 Å². The molecule has 1 atom stereocenters.